The largest absolute Gasteiger partial charge is 0.360 e. The maximum Gasteiger partial charge on any atom is 0.129 e. The van der Waals surface area contributed by atoms with Gasteiger partial charge in [-0.25, -0.2) is 4.98 Å². The summed E-state index contributed by atoms with van der Waals surface area (Å²) in [6.07, 6.45) is 2.76. The molecule has 0 aliphatic carbocycles. The van der Waals surface area contributed by atoms with E-state index in [1.54, 1.807) is 6.07 Å². The minimum Gasteiger partial charge on any atom is -0.360 e. The Bertz CT molecular complexity index is 422. The molecule has 2 heterocycles. The van der Waals surface area contributed by atoms with Crippen molar-refractivity contribution in [3.8, 4) is 0 Å². The molecule has 3 N–H and O–H groups in total. The molecule has 0 atom stereocenters. The van der Waals surface area contributed by atoms with Crippen LogP contribution >= 0.6 is 11.6 Å². The lowest BCUT2D eigenvalue weighted by Crippen LogP contribution is -2.02. The number of nitrogens with two attached hydrogens (primary N) is 1. The Morgan fingerprint density at radius 2 is 2.31 bits per heavy atom. The van der Waals surface area contributed by atoms with Gasteiger partial charge in [-0.3, -0.25) is 0 Å². The number of hydrogen-bond acceptors (Lipinski definition) is 2. The second-order valence-electron chi connectivity index (χ2n) is 2.88. The van der Waals surface area contributed by atoms with Crippen molar-refractivity contribution in [2.24, 2.45) is 5.73 Å². The van der Waals surface area contributed by atoms with Gasteiger partial charge in [0.2, 0.25) is 0 Å². The molecule has 2 aromatic heterocycles. The third-order valence-electron chi connectivity index (χ3n) is 1.98. The van der Waals surface area contributed by atoms with Gasteiger partial charge < -0.3 is 10.7 Å². The van der Waals surface area contributed by atoms with Gasteiger partial charge in [-0.15, -0.1) is 0 Å². The Morgan fingerprint density at radius 3 is 3.08 bits per heavy atom. The van der Waals surface area contributed by atoms with Gasteiger partial charge in [-0.05, 0) is 30.7 Å². The normalized spacial score (nSPS) is 10.9. The number of rotatable bonds is 2. The maximum atomic E-state index is 5.79. The van der Waals surface area contributed by atoms with Gasteiger partial charge in [0.15, 0.2) is 0 Å². The summed E-state index contributed by atoms with van der Waals surface area (Å²) in [7, 11) is 0. The standard InChI is InChI=1S/C9H10ClN3/c10-8-2-1-7-9(13-8)6(3-4-11)5-12-7/h1-2,5,12H,3-4,11H2. The van der Waals surface area contributed by atoms with Crippen molar-refractivity contribution in [3.63, 3.8) is 0 Å². The molecule has 0 saturated carbocycles. The number of aromatic amines is 1. The Balaban J connectivity index is 2.58. The third-order valence-corrected chi connectivity index (χ3v) is 2.19. The Labute approximate surface area is 80.9 Å². The molecule has 0 aliphatic heterocycles. The summed E-state index contributed by atoms with van der Waals surface area (Å²) in [5, 5.41) is 0.519. The van der Waals surface area contributed by atoms with E-state index in [0.717, 1.165) is 23.0 Å². The predicted octanol–water partition coefficient (Wildman–Crippen LogP) is 1.72. The highest BCUT2D eigenvalue weighted by atomic mass is 35.5. The van der Waals surface area contributed by atoms with Crippen LogP contribution in [0.5, 0.6) is 0 Å². The van der Waals surface area contributed by atoms with Crippen LogP contribution in [0, 0.1) is 0 Å². The van der Waals surface area contributed by atoms with Crippen molar-refractivity contribution >= 4 is 22.6 Å². The average Bonchev–Trinajstić information content (AvgIpc) is 2.49. The third kappa shape index (κ3) is 1.53. The first-order valence-electron chi connectivity index (χ1n) is 4.14. The maximum absolute atomic E-state index is 5.79. The van der Waals surface area contributed by atoms with E-state index in [1.165, 1.54) is 0 Å². The topological polar surface area (TPSA) is 54.7 Å². The minimum absolute atomic E-state index is 0.519. The quantitative estimate of drug-likeness (QED) is 0.717. The van der Waals surface area contributed by atoms with Gasteiger partial charge in [0.1, 0.15) is 5.15 Å². The molecule has 68 valence electrons. The Kier molecular flexibility index (Phi) is 2.20. The predicted molar refractivity (Wildman–Crippen MR) is 53.9 cm³/mol. The van der Waals surface area contributed by atoms with E-state index < -0.39 is 0 Å². The second kappa shape index (κ2) is 3.36. The molecular formula is C9H10ClN3. The van der Waals surface area contributed by atoms with Crippen LogP contribution in [0.3, 0.4) is 0 Å². The van der Waals surface area contributed by atoms with E-state index in [9.17, 15) is 0 Å². The molecule has 0 radical (unpaired) electrons. The second-order valence-corrected chi connectivity index (χ2v) is 3.27. The monoisotopic (exact) mass is 195 g/mol. The van der Waals surface area contributed by atoms with Crippen LogP contribution in [0.2, 0.25) is 5.15 Å². The first-order valence-corrected chi connectivity index (χ1v) is 4.51. The first kappa shape index (κ1) is 8.53. The first-order chi connectivity index (χ1) is 6.31. The van der Waals surface area contributed by atoms with E-state index >= 15 is 0 Å². The van der Waals surface area contributed by atoms with Gasteiger partial charge in [0.05, 0.1) is 11.0 Å². The molecule has 0 unspecified atom stereocenters. The van der Waals surface area contributed by atoms with Crippen molar-refractivity contribution in [1.29, 1.82) is 0 Å². The number of H-pyrrole nitrogens is 1. The average molecular weight is 196 g/mol. The molecular weight excluding hydrogens is 186 g/mol. The molecule has 2 aromatic rings. The summed E-state index contributed by atoms with van der Waals surface area (Å²) in [6, 6.07) is 3.69. The Hall–Kier alpha value is -1.06. The van der Waals surface area contributed by atoms with E-state index in [4.69, 9.17) is 17.3 Å². The summed E-state index contributed by atoms with van der Waals surface area (Å²) in [4.78, 5) is 7.36. The zero-order valence-electron chi connectivity index (χ0n) is 7.05. The van der Waals surface area contributed by atoms with Gasteiger partial charge in [0, 0.05) is 6.20 Å². The van der Waals surface area contributed by atoms with E-state index in [-0.39, 0.29) is 0 Å². The highest BCUT2D eigenvalue weighted by molar-refractivity contribution is 6.29. The molecule has 0 spiro atoms. The number of nitrogens with zero attached hydrogens (tertiary/aromatic N) is 1. The van der Waals surface area contributed by atoms with Crippen LogP contribution in [0.1, 0.15) is 5.56 Å². The van der Waals surface area contributed by atoms with Crippen LogP contribution in [-0.4, -0.2) is 16.5 Å². The van der Waals surface area contributed by atoms with Gasteiger partial charge >= 0.3 is 0 Å². The van der Waals surface area contributed by atoms with Crippen LogP contribution < -0.4 is 5.73 Å². The molecule has 0 aromatic carbocycles. The van der Waals surface area contributed by atoms with Crippen molar-refractivity contribution in [2.45, 2.75) is 6.42 Å². The van der Waals surface area contributed by atoms with Crippen molar-refractivity contribution in [1.82, 2.24) is 9.97 Å². The molecule has 0 aliphatic rings. The summed E-state index contributed by atoms with van der Waals surface area (Å²) < 4.78 is 0. The lowest BCUT2D eigenvalue weighted by molar-refractivity contribution is 0.973. The molecule has 0 saturated heterocycles. The van der Waals surface area contributed by atoms with Crippen molar-refractivity contribution in [2.75, 3.05) is 6.54 Å². The molecule has 3 nitrogen and oxygen atoms in total. The van der Waals surface area contributed by atoms with Crippen molar-refractivity contribution in [3.05, 3.63) is 29.0 Å². The number of aromatic nitrogens is 2. The van der Waals surface area contributed by atoms with E-state index in [2.05, 4.69) is 9.97 Å². The summed E-state index contributed by atoms with van der Waals surface area (Å²) in [5.74, 6) is 0. The van der Waals surface area contributed by atoms with E-state index in [1.807, 2.05) is 12.3 Å². The number of pyridine rings is 1. The summed E-state index contributed by atoms with van der Waals surface area (Å²) in [5.41, 5.74) is 8.54. The SMILES string of the molecule is NCCc1c[nH]c2ccc(Cl)nc12. The van der Waals surface area contributed by atoms with Crippen LogP contribution in [0.25, 0.3) is 11.0 Å². The number of hydrogen-bond donors (Lipinski definition) is 2. The fraction of sp³-hybridized carbons (Fsp3) is 0.222. The summed E-state index contributed by atoms with van der Waals surface area (Å²) >= 11 is 5.79. The number of nitrogens with one attached hydrogen (secondary N) is 1. The number of fused-ring (bicyclic) bond motifs is 1. The molecule has 2 rings (SSSR count). The molecule has 0 amide bonds. The minimum atomic E-state index is 0.519. The molecule has 4 heteroatoms. The van der Waals surface area contributed by atoms with Crippen LogP contribution in [0.4, 0.5) is 0 Å². The fourth-order valence-electron chi connectivity index (χ4n) is 1.38. The van der Waals surface area contributed by atoms with Gasteiger partial charge in [0.25, 0.3) is 0 Å². The highest BCUT2D eigenvalue weighted by Gasteiger charge is 2.04. The van der Waals surface area contributed by atoms with E-state index in [0.29, 0.717) is 11.7 Å². The summed E-state index contributed by atoms with van der Waals surface area (Å²) in [6.45, 7) is 0.626. The molecule has 0 fully saturated rings. The Morgan fingerprint density at radius 1 is 1.46 bits per heavy atom. The van der Waals surface area contributed by atoms with Crippen LogP contribution in [-0.2, 0) is 6.42 Å². The zero-order chi connectivity index (χ0) is 9.26. The zero-order valence-corrected chi connectivity index (χ0v) is 7.80. The number of halogens is 1. The lowest BCUT2D eigenvalue weighted by atomic mass is 10.2. The highest BCUT2D eigenvalue weighted by Crippen LogP contribution is 2.18. The lowest BCUT2D eigenvalue weighted by Gasteiger charge is -1.95. The van der Waals surface area contributed by atoms with Gasteiger partial charge in [-0.2, -0.15) is 0 Å². The van der Waals surface area contributed by atoms with Gasteiger partial charge in [-0.1, -0.05) is 11.6 Å². The van der Waals surface area contributed by atoms with Crippen LogP contribution in [0.15, 0.2) is 18.3 Å². The molecule has 0 bridgehead atoms. The smallest absolute Gasteiger partial charge is 0.129 e. The van der Waals surface area contributed by atoms with Crippen molar-refractivity contribution < 1.29 is 0 Å². The fourth-order valence-corrected chi connectivity index (χ4v) is 1.52. The molecule has 13 heavy (non-hydrogen) atoms.